The summed E-state index contributed by atoms with van der Waals surface area (Å²) in [4.78, 5) is 0. The lowest BCUT2D eigenvalue weighted by atomic mass is 9.98. The highest BCUT2D eigenvalue weighted by molar-refractivity contribution is 5.33. The average Bonchev–Trinajstić information content (AvgIpc) is 2.84. The molecule has 2 N–H and O–H groups in total. The van der Waals surface area contributed by atoms with E-state index in [9.17, 15) is 10.2 Å². The van der Waals surface area contributed by atoms with Crippen LogP contribution in [-0.4, -0.2) is 22.4 Å². The molecule has 3 nitrogen and oxygen atoms in total. The van der Waals surface area contributed by atoms with Crippen LogP contribution in [0.4, 0.5) is 0 Å². The van der Waals surface area contributed by atoms with E-state index in [0.29, 0.717) is 18.6 Å². The van der Waals surface area contributed by atoms with E-state index in [1.54, 1.807) is 24.3 Å². The fourth-order valence-electron chi connectivity index (χ4n) is 1.53. The molecule has 1 aliphatic rings. The monoisotopic (exact) mass is 194 g/mol. The fourth-order valence-corrected chi connectivity index (χ4v) is 1.53. The smallest absolute Gasteiger partial charge is 0.121 e. The first-order valence-corrected chi connectivity index (χ1v) is 4.71. The molecule has 1 heterocycles. The van der Waals surface area contributed by atoms with Crippen LogP contribution in [0.15, 0.2) is 24.3 Å². The molecule has 1 fully saturated rings. The zero-order valence-corrected chi connectivity index (χ0v) is 8.10. The maximum atomic E-state index is 9.84. The number of aromatic hydroxyl groups is 1. The molecule has 2 atom stereocenters. The molecule has 14 heavy (non-hydrogen) atoms. The zero-order valence-electron chi connectivity index (χ0n) is 8.10. The minimum Gasteiger partial charge on any atom is -0.508 e. The van der Waals surface area contributed by atoms with E-state index < -0.39 is 6.10 Å². The van der Waals surface area contributed by atoms with E-state index in [0.717, 1.165) is 0 Å². The van der Waals surface area contributed by atoms with Crippen LogP contribution in [0, 0.1) is 0 Å². The van der Waals surface area contributed by atoms with Crippen LogP contribution in [0.3, 0.4) is 0 Å². The highest BCUT2D eigenvalue weighted by Crippen LogP contribution is 2.37. The Morgan fingerprint density at radius 2 is 2.14 bits per heavy atom. The number of hydrogen-bond acceptors (Lipinski definition) is 3. The van der Waals surface area contributed by atoms with Crippen LogP contribution in [0.5, 0.6) is 5.75 Å². The molecule has 0 saturated carbocycles. The quantitative estimate of drug-likeness (QED) is 0.719. The van der Waals surface area contributed by atoms with Gasteiger partial charge in [-0.1, -0.05) is 18.2 Å². The molecule has 1 aromatic carbocycles. The molecule has 0 aliphatic carbocycles. The lowest BCUT2D eigenvalue weighted by molar-refractivity contribution is 0.128. The second kappa shape index (κ2) is 3.26. The van der Waals surface area contributed by atoms with Gasteiger partial charge in [-0.15, -0.1) is 0 Å². The van der Waals surface area contributed by atoms with E-state index in [1.165, 1.54) is 0 Å². The number of epoxide rings is 1. The highest BCUT2D eigenvalue weighted by Gasteiger charge is 2.41. The van der Waals surface area contributed by atoms with Gasteiger partial charge in [0.05, 0.1) is 18.3 Å². The molecule has 3 heteroatoms. The number of hydrogen-bond donors (Lipinski definition) is 2. The van der Waals surface area contributed by atoms with Crippen molar-refractivity contribution in [2.24, 2.45) is 0 Å². The molecular formula is C11H14O3. The van der Waals surface area contributed by atoms with E-state index >= 15 is 0 Å². The lowest BCUT2D eigenvalue weighted by Crippen LogP contribution is -2.11. The normalized spacial score (nSPS) is 27.3. The summed E-state index contributed by atoms with van der Waals surface area (Å²) >= 11 is 0. The Balaban J connectivity index is 2.10. The molecule has 0 amide bonds. The Morgan fingerprint density at radius 3 is 2.71 bits per heavy atom. The first kappa shape index (κ1) is 9.49. The van der Waals surface area contributed by atoms with Crippen LogP contribution in [0.25, 0.3) is 0 Å². The van der Waals surface area contributed by atoms with E-state index in [4.69, 9.17) is 4.74 Å². The Bertz CT molecular complexity index is 331. The molecule has 2 unspecified atom stereocenters. The molecule has 0 radical (unpaired) electrons. The molecule has 0 spiro atoms. The second-order valence-electron chi connectivity index (χ2n) is 4.02. The van der Waals surface area contributed by atoms with Gasteiger partial charge in [-0.2, -0.15) is 0 Å². The van der Waals surface area contributed by atoms with Crippen LogP contribution in [0.2, 0.25) is 0 Å². The molecule has 2 rings (SSSR count). The minimum absolute atomic E-state index is 0.143. The molecule has 0 aromatic heterocycles. The van der Waals surface area contributed by atoms with Gasteiger partial charge >= 0.3 is 0 Å². The van der Waals surface area contributed by atoms with E-state index in [2.05, 4.69) is 0 Å². The number of phenols is 1. The second-order valence-corrected chi connectivity index (χ2v) is 4.02. The predicted octanol–water partition coefficient (Wildman–Crippen LogP) is 1.60. The van der Waals surface area contributed by atoms with Gasteiger partial charge in [-0.25, -0.2) is 0 Å². The van der Waals surface area contributed by atoms with Crippen LogP contribution < -0.4 is 0 Å². The van der Waals surface area contributed by atoms with Gasteiger partial charge in [-0.3, -0.25) is 0 Å². The summed E-state index contributed by atoms with van der Waals surface area (Å²) in [6.45, 7) is 2.65. The van der Waals surface area contributed by atoms with Gasteiger partial charge in [0.25, 0.3) is 0 Å². The van der Waals surface area contributed by atoms with Crippen LogP contribution in [0.1, 0.15) is 25.0 Å². The van der Waals surface area contributed by atoms with E-state index in [1.807, 2.05) is 6.92 Å². The minimum atomic E-state index is -0.649. The van der Waals surface area contributed by atoms with Crippen molar-refractivity contribution in [3.63, 3.8) is 0 Å². The summed E-state index contributed by atoms with van der Waals surface area (Å²) in [6, 6.07) is 6.84. The van der Waals surface area contributed by atoms with Gasteiger partial charge in [0.2, 0.25) is 0 Å². The average molecular weight is 194 g/mol. The van der Waals surface area contributed by atoms with Crippen molar-refractivity contribution >= 4 is 0 Å². The summed E-state index contributed by atoms with van der Waals surface area (Å²) in [7, 11) is 0. The SMILES string of the molecule is CC1(CC(O)c2ccccc2O)CO1. The third kappa shape index (κ3) is 1.89. The maximum Gasteiger partial charge on any atom is 0.121 e. The van der Waals surface area contributed by atoms with Crippen molar-refractivity contribution in [2.75, 3.05) is 6.61 Å². The van der Waals surface area contributed by atoms with Gasteiger partial charge in [-0.05, 0) is 13.0 Å². The first-order chi connectivity index (χ1) is 6.61. The van der Waals surface area contributed by atoms with Crippen LogP contribution in [-0.2, 0) is 4.74 Å². The summed E-state index contributed by atoms with van der Waals surface area (Å²) in [5, 5.41) is 19.3. The number of para-hydroxylation sites is 1. The number of ether oxygens (including phenoxy) is 1. The summed E-state index contributed by atoms with van der Waals surface area (Å²) in [6.07, 6.45) is -0.117. The van der Waals surface area contributed by atoms with Gasteiger partial charge < -0.3 is 14.9 Å². The van der Waals surface area contributed by atoms with Crippen molar-refractivity contribution in [3.8, 4) is 5.75 Å². The van der Waals surface area contributed by atoms with Crippen molar-refractivity contribution < 1.29 is 14.9 Å². The molecule has 1 saturated heterocycles. The number of aliphatic hydroxyl groups excluding tert-OH is 1. The van der Waals surface area contributed by atoms with Crippen molar-refractivity contribution in [2.45, 2.75) is 25.0 Å². The van der Waals surface area contributed by atoms with Gasteiger partial charge in [0.1, 0.15) is 5.75 Å². The third-order valence-electron chi connectivity index (χ3n) is 2.56. The molecule has 0 bridgehead atoms. The predicted molar refractivity (Wildman–Crippen MR) is 52.0 cm³/mol. The molecular weight excluding hydrogens is 180 g/mol. The number of phenolic OH excluding ortho intramolecular Hbond substituents is 1. The Kier molecular flexibility index (Phi) is 2.21. The lowest BCUT2D eigenvalue weighted by Gasteiger charge is -2.14. The Labute approximate surface area is 83.0 Å². The number of benzene rings is 1. The molecule has 1 aliphatic heterocycles. The Morgan fingerprint density at radius 1 is 1.50 bits per heavy atom. The number of aliphatic hydroxyl groups is 1. The topological polar surface area (TPSA) is 53.0 Å². The summed E-state index contributed by atoms with van der Waals surface area (Å²) < 4.78 is 5.19. The fraction of sp³-hybridized carbons (Fsp3) is 0.455. The zero-order chi connectivity index (χ0) is 10.2. The van der Waals surface area contributed by atoms with Crippen LogP contribution >= 0.6 is 0 Å². The van der Waals surface area contributed by atoms with Crippen molar-refractivity contribution in [1.29, 1.82) is 0 Å². The number of rotatable bonds is 3. The Hall–Kier alpha value is -1.06. The highest BCUT2D eigenvalue weighted by atomic mass is 16.6. The van der Waals surface area contributed by atoms with E-state index in [-0.39, 0.29) is 11.4 Å². The van der Waals surface area contributed by atoms with Gasteiger partial charge in [0, 0.05) is 12.0 Å². The standard InChI is InChI=1S/C11H14O3/c1-11(7-14-11)6-10(13)8-4-2-3-5-9(8)12/h2-5,10,12-13H,6-7H2,1H3. The molecule has 1 aromatic rings. The maximum absolute atomic E-state index is 9.84. The summed E-state index contributed by atoms with van der Waals surface area (Å²) in [5.41, 5.74) is 0.381. The van der Waals surface area contributed by atoms with Crippen molar-refractivity contribution in [1.82, 2.24) is 0 Å². The van der Waals surface area contributed by atoms with Crippen molar-refractivity contribution in [3.05, 3.63) is 29.8 Å². The third-order valence-corrected chi connectivity index (χ3v) is 2.56. The largest absolute Gasteiger partial charge is 0.508 e. The van der Waals surface area contributed by atoms with Gasteiger partial charge in [0.15, 0.2) is 0 Å². The summed E-state index contributed by atoms with van der Waals surface area (Å²) in [5.74, 6) is 0.143. The first-order valence-electron chi connectivity index (χ1n) is 4.71. The molecule has 76 valence electrons.